The van der Waals surface area contributed by atoms with Crippen LogP contribution in [-0.4, -0.2) is 20.2 Å². The summed E-state index contributed by atoms with van der Waals surface area (Å²) in [5.41, 5.74) is 0.616. The van der Waals surface area contributed by atoms with E-state index in [1.165, 1.54) is 0 Å². The average Bonchev–Trinajstić information content (AvgIpc) is 2.19. The molecular formula is C8H5ClN4. The van der Waals surface area contributed by atoms with Crippen LogP contribution in [0.2, 0.25) is 5.15 Å². The normalized spacial score (nSPS) is 9.92. The Morgan fingerprint density at radius 2 is 2.08 bits per heavy atom. The summed E-state index contributed by atoms with van der Waals surface area (Å²) < 4.78 is 0. The van der Waals surface area contributed by atoms with Gasteiger partial charge in [-0.05, 0) is 18.2 Å². The van der Waals surface area contributed by atoms with Crippen molar-refractivity contribution in [1.29, 1.82) is 0 Å². The van der Waals surface area contributed by atoms with Gasteiger partial charge in [0.15, 0.2) is 5.82 Å². The first-order valence-corrected chi connectivity index (χ1v) is 4.01. The molecule has 2 aromatic rings. The predicted molar refractivity (Wildman–Crippen MR) is 48.1 cm³/mol. The smallest absolute Gasteiger partial charge is 0.181 e. The summed E-state index contributed by atoms with van der Waals surface area (Å²) in [5, 5.41) is 7.97. The second kappa shape index (κ2) is 3.45. The molecule has 13 heavy (non-hydrogen) atoms. The molecule has 0 spiro atoms. The van der Waals surface area contributed by atoms with E-state index in [9.17, 15) is 0 Å². The van der Waals surface area contributed by atoms with Gasteiger partial charge < -0.3 is 0 Å². The Morgan fingerprint density at radius 1 is 1.15 bits per heavy atom. The Hall–Kier alpha value is -1.55. The minimum absolute atomic E-state index is 0.399. The van der Waals surface area contributed by atoms with E-state index in [2.05, 4.69) is 20.2 Å². The molecule has 2 heterocycles. The van der Waals surface area contributed by atoms with Crippen molar-refractivity contribution >= 4 is 11.6 Å². The molecule has 0 aliphatic rings. The standard InChI is InChI=1S/C8H5ClN4/c9-7-3-5-10-8(12-7)6-2-1-4-11-13-6/h1-5H. The molecule has 0 atom stereocenters. The van der Waals surface area contributed by atoms with Crippen molar-refractivity contribution in [3.63, 3.8) is 0 Å². The van der Waals surface area contributed by atoms with Crippen LogP contribution in [0.5, 0.6) is 0 Å². The third-order valence-electron chi connectivity index (χ3n) is 1.42. The molecule has 0 aliphatic heterocycles. The first-order valence-electron chi connectivity index (χ1n) is 3.63. The Labute approximate surface area is 79.6 Å². The number of hydrogen-bond donors (Lipinski definition) is 0. The van der Waals surface area contributed by atoms with Crippen LogP contribution < -0.4 is 0 Å². The van der Waals surface area contributed by atoms with Crippen LogP contribution in [0.4, 0.5) is 0 Å². The van der Waals surface area contributed by atoms with Crippen molar-refractivity contribution in [2.24, 2.45) is 0 Å². The third kappa shape index (κ3) is 1.78. The molecule has 64 valence electrons. The molecule has 0 fully saturated rings. The second-order valence-corrected chi connectivity index (χ2v) is 2.70. The lowest BCUT2D eigenvalue weighted by Crippen LogP contribution is -1.91. The summed E-state index contributed by atoms with van der Waals surface area (Å²) in [7, 11) is 0. The lowest BCUT2D eigenvalue weighted by Gasteiger charge is -1.96. The predicted octanol–water partition coefficient (Wildman–Crippen LogP) is 1.59. The molecule has 0 bridgehead atoms. The van der Waals surface area contributed by atoms with Gasteiger partial charge in [-0.3, -0.25) is 0 Å². The minimum Gasteiger partial charge on any atom is -0.235 e. The number of halogens is 1. The highest BCUT2D eigenvalue weighted by atomic mass is 35.5. The van der Waals surface area contributed by atoms with Gasteiger partial charge in [-0.1, -0.05) is 11.6 Å². The molecule has 5 heteroatoms. The maximum Gasteiger partial charge on any atom is 0.181 e. The van der Waals surface area contributed by atoms with Gasteiger partial charge >= 0.3 is 0 Å². The fourth-order valence-corrected chi connectivity index (χ4v) is 1.02. The van der Waals surface area contributed by atoms with E-state index in [1.54, 1.807) is 30.6 Å². The lowest BCUT2D eigenvalue weighted by molar-refractivity contribution is 1.01. The van der Waals surface area contributed by atoms with E-state index in [0.717, 1.165) is 0 Å². The molecule has 0 aliphatic carbocycles. The number of aromatic nitrogens is 4. The first kappa shape index (κ1) is 8.07. The van der Waals surface area contributed by atoms with Crippen molar-refractivity contribution in [1.82, 2.24) is 20.2 Å². The van der Waals surface area contributed by atoms with E-state index in [4.69, 9.17) is 11.6 Å². The van der Waals surface area contributed by atoms with Gasteiger partial charge in [0.25, 0.3) is 0 Å². The van der Waals surface area contributed by atoms with Gasteiger partial charge in [0.2, 0.25) is 0 Å². The third-order valence-corrected chi connectivity index (χ3v) is 1.63. The van der Waals surface area contributed by atoms with Crippen molar-refractivity contribution < 1.29 is 0 Å². The Bertz CT molecular complexity index is 404. The molecular weight excluding hydrogens is 188 g/mol. The average molecular weight is 193 g/mol. The monoisotopic (exact) mass is 192 g/mol. The van der Waals surface area contributed by atoms with Crippen LogP contribution in [0.25, 0.3) is 11.5 Å². The highest BCUT2D eigenvalue weighted by Crippen LogP contribution is 2.11. The van der Waals surface area contributed by atoms with Gasteiger partial charge in [0.05, 0.1) is 0 Å². The van der Waals surface area contributed by atoms with Crippen LogP contribution in [0.3, 0.4) is 0 Å². The SMILES string of the molecule is Clc1ccnc(-c2cccnn2)n1. The fourth-order valence-electron chi connectivity index (χ4n) is 0.881. The van der Waals surface area contributed by atoms with Crippen LogP contribution in [0.1, 0.15) is 0 Å². The highest BCUT2D eigenvalue weighted by molar-refractivity contribution is 6.29. The Morgan fingerprint density at radius 3 is 2.77 bits per heavy atom. The zero-order valence-electron chi connectivity index (χ0n) is 6.55. The number of hydrogen-bond acceptors (Lipinski definition) is 4. The van der Waals surface area contributed by atoms with E-state index in [-0.39, 0.29) is 0 Å². The van der Waals surface area contributed by atoms with Crippen LogP contribution >= 0.6 is 11.6 Å². The fraction of sp³-hybridized carbons (Fsp3) is 0. The van der Waals surface area contributed by atoms with Crippen LogP contribution in [0.15, 0.2) is 30.6 Å². The molecule has 0 saturated carbocycles. The first-order chi connectivity index (χ1) is 6.36. The summed E-state index contributed by atoms with van der Waals surface area (Å²) in [6.07, 6.45) is 3.17. The zero-order valence-corrected chi connectivity index (χ0v) is 7.31. The molecule has 0 unspecified atom stereocenters. The van der Waals surface area contributed by atoms with Crippen molar-refractivity contribution in [2.45, 2.75) is 0 Å². The van der Waals surface area contributed by atoms with E-state index >= 15 is 0 Å². The number of nitrogens with zero attached hydrogens (tertiary/aromatic N) is 4. The number of rotatable bonds is 1. The highest BCUT2D eigenvalue weighted by Gasteiger charge is 2.01. The molecule has 0 saturated heterocycles. The van der Waals surface area contributed by atoms with Gasteiger partial charge in [0, 0.05) is 12.4 Å². The zero-order chi connectivity index (χ0) is 9.10. The van der Waals surface area contributed by atoms with E-state index in [1.807, 2.05) is 0 Å². The van der Waals surface area contributed by atoms with Crippen molar-refractivity contribution in [2.75, 3.05) is 0 Å². The lowest BCUT2D eigenvalue weighted by atomic mass is 10.4. The molecule has 0 radical (unpaired) electrons. The van der Waals surface area contributed by atoms with Crippen LogP contribution in [0, 0.1) is 0 Å². The summed E-state index contributed by atoms with van der Waals surface area (Å²) >= 11 is 5.70. The van der Waals surface area contributed by atoms with Gasteiger partial charge in [-0.25, -0.2) is 9.97 Å². The van der Waals surface area contributed by atoms with Gasteiger partial charge in [-0.2, -0.15) is 5.10 Å². The minimum atomic E-state index is 0.399. The summed E-state index contributed by atoms with van der Waals surface area (Å²) in [4.78, 5) is 8.01. The van der Waals surface area contributed by atoms with E-state index < -0.39 is 0 Å². The molecule has 0 aromatic carbocycles. The second-order valence-electron chi connectivity index (χ2n) is 2.31. The molecule has 4 nitrogen and oxygen atoms in total. The van der Waals surface area contributed by atoms with Crippen molar-refractivity contribution in [3.8, 4) is 11.5 Å². The quantitative estimate of drug-likeness (QED) is 0.644. The summed E-state index contributed by atoms with van der Waals surface area (Å²) in [6, 6.07) is 5.16. The topological polar surface area (TPSA) is 51.6 Å². The largest absolute Gasteiger partial charge is 0.235 e. The molecule has 0 amide bonds. The Kier molecular flexibility index (Phi) is 2.14. The van der Waals surface area contributed by atoms with Gasteiger partial charge in [-0.15, -0.1) is 5.10 Å². The summed E-state index contributed by atoms with van der Waals surface area (Å²) in [6.45, 7) is 0. The van der Waals surface area contributed by atoms with Gasteiger partial charge in [0.1, 0.15) is 10.8 Å². The molecule has 2 rings (SSSR count). The van der Waals surface area contributed by atoms with E-state index in [0.29, 0.717) is 16.7 Å². The molecule has 2 aromatic heterocycles. The summed E-state index contributed by atoms with van der Waals surface area (Å²) in [5.74, 6) is 0.487. The maximum absolute atomic E-state index is 5.70. The molecule has 0 N–H and O–H groups in total. The van der Waals surface area contributed by atoms with Crippen molar-refractivity contribution in [3.05, 3.63) is 35.7 Å². The maximum atomic E-state index is 5.70. The Balaban J connectivity index is 2.48. The van der Waals surface area contributed by atoms with Crippen LogP contribution in [-0.2, 0) is 0 Å².